The highest BCUT2D eigenvalue weighted by Gasteiger charge is 2.18. The Morgan fingerprint density at radius 2 is 2.20 bits per heavy atom. The molecule has 0 amide bonds. The molecule has 0 unspecified atom stereocenters. The van der Waals surface area contributed by atoms with Gasteiger partial charge in [-0.2, -0.15) is 0 Å². The standard InChI is InChI=1S/C10H12BrNO3/c1-3-15-10(13)8-6(12)4-5-7(14-2)9(8)11/h4-5H,3,12H2,1-2H3. The fourth-order valence-electron chi connectivity index (χ4n) is 1.14. The molecule has 0 saturated heterocycles. The van der Waals surface area contributed by atoms with Crippen molar-refractivity contribution in [3.63, 3.8) is 0 Å². The first-order chi connectivity index (χ1) is 7.11. The third-order valence-electron chi connectivity index (χ3n) is 1.84. The molecule has 4 nitrogen and oxygen atoms in total. The summed E-state index contributed by atoms with van der Waals surface area (Å²) < 4.78 is 10.5. The largest absolute Gasteiger partial charge is 0.496 e. The summed E-state index contributed by atoms with van der Waals surface area (Å²) in [6, 6.07) is 3.29. The van der Waals surface area contributed by atoms with Crippen LogP contribution in [0, 0.1) is 0 Å². The fourth-order valence-corrected chi connectivity index (χ4v) is 1.83. The van der Waals surface area contributed by atoms with Gasteiger partial charge in [0.1, 0.15) is 11.3 Å². The van der Waals surface area contributed by atoms with Crippen molar-refractivity contribution in [3.8, 4) is 5.75 Å². The van der Waals surface area contributed by atoms with Crippen molar-refractivity contribution in [2.24, 2.45) is 0 Å². The molecule has 0 atom stereocenters. The molecule has 0 spiro atoms. The quantitative estimate of drug-likeness (QED) is 0.678. The third kappa shape index (κ3) is 2.41. The highest BCUT2D eigenvalue weighted by atomic mass is 79.9. The van der Waals surface area contributed by atoms with E-state index in [0.29, 0.717) is 28.1 Å². The van der Waals surface area contributed by atoms with Crippen molar-refractivity contribution in [1.29, 1.82) is 0 Å². The summed E-state index contributed by atoms with van der Waals surface area (Å²) in [5, 5.41) is 0. The number of nitrogens with two attached hydrogens (primary N) is 1. The average molecular weight is 274 g/mol. The first kappa shape index (κ1) is 11.8. The van der Waals surface area contributed by atoms with Gasteiger partial charge in [-0.05, 0) is 35.0 Å². The van der Waals surface area contributed by atoms with Crippen LogP contribution in [0.5, 0.6) is 5.75 Å². The maximum Gasteiger partial charge on any atom is 0.341 e. The lowest BCUT2D eigenvalue weighted by molar-refractivity contribution is 0.0526. The molecule has 0 fully saturated rings. The van der Waals surface area contributed by atoms with Crippen LogP contribution in [0.3, 0.4) is 0 Å². The summed E-state index contributed by atoms with van der Waals surface area (Å²) in [6.07, 6.45) is 0. The second-order valence-electron chi connectivity index (χ2n) is 2.77. The number of esters is 1. The van der Waals surface area contributed by atoms with Crippen molar-refractivity contribution in [3.05, 3.63) is 22.2 Å². The summed E-state index contributed by atoms with van der Waals surface area (Å²) in [4.78, 5) is 11.6. The van der Waals surface area contributed by atoms with Crippen molar-refractivity contribution < 1.29 is 14.3 Å². The van der Waals surface area contributed by atoms with Crippen molar-refractivity contribution in [2.75, 3.05) is 19.5 Å². The maximum absolute atomic E-state index is 11.6. The van der Waals surface area contributed by atoms with E-state index >= 15 is 0 Å². The highest BCUT2D eigenvalue weighted by molar-refractivity contribution is 9.10. The number of benzene rings is 1. The zero-order chi connectivity index (χ0) is 11.4. The van der Waals surface area contributed by atoms with Gasteiger partial charge in [-0.15, -0.1) is 0 Å². The molecular formula is C10H12BrNO3. The number of carbonyl (C=O) groups excluding carboxylic acids is 1. The van der Waals surface area contributed by atoms with Crippen molar-refractivity contribution in [1.82, 2.24) is 0 Å². The van der Waals surface area contributed by atoms with Crippen LogP contribution in [0.2, 0.25) is 0 Å². The Hall–Kier alpha value is -1.23. The van der Waals surface area contributed by atoms with E-state index in [1.807, 2.05) is 0 Å². The number of nitrogen functional groups attached to an aromatic ring is 1. The first-order valence-corrected chi connectivity index (χ1v) is 5.20. The van der Waals surface area contributed by atoms with E-state index in [2.05, 4.69) is 15.9 Å². The minimum atomic E-state index is -0.458. The molecule has 0 bridgehead atoms. The molecule has 1 aromatic rings. The maximum atomic E-state index is 11.6. The van der Waals surface area contributed by atoms with Crippen LogP contribution < -0.4 is 10.5 Å². The number of ether oxygens (including phenoxy) is 2. The summed E-state index contributed by atoms with van der Waals surface area (Å²) in [5.41, 5.74) is 6.35. The van der Waals surface area contributed by atoms with Crippen LogP contribution in [0.1, 0.15) is 17.3 Å². The first-order valence-electron chi connectivity index (χ1n) is 4.40. The lowest BCUT2D eigenvalue weighted by atomic mass is 10.1. The molecule has 2 N–H and O–H groups in total. The van der Waals surface area contributed by atoms with Gasteiger partial charge >= 0.3 is 5.97 Å². The smallest absolute Gasteiger partial charge is 0.341 e. The molecule has 82 valence electrons. The van der Waals surface area contributed by atoms with Gasteiger partial charge in [0.05, 0.1) is 18.2 Å². The molecule has 1 rings (SSSR count). The SMILES string of the molecule is CCOC(=O)c1c(N)ccc(OC)c1Br. The molecule has 0 saturated carbocycles. The Bertz CT molecular complexity index is 379. The second kappa shape index (κ2) is 5.02. The fraction of sp³-hybridized carbons (Fsp3) is 0.300. The van der Waals surface area contributed by atoms with Gasteiger partial charge in [0, 0.05) is 5.69 Å². The lowest BCUT2D eigenvalue weighted by Crippen LogP contribution is -2.09. The number of rotatable bonds is 3. The van der Waals surface area contributed by atoms with Gasteiger partial charge in [0.25, 0.3) is 0 Å². The summed E-state index contributed by atoms with van der Waals surface area (Å²) >= 11 is 3.26. The third-order valence-corrected chi connectivity index (χ3v) is 2.63. The van der Waals surface area contributed by atoms with E-state index in [1.54, 1.807) is 19.1 Å². The molecule has 15 heavy (non-hydrogen) atoms. The summed E-state index contributed by atoms with van der Waals surface area (Å²) in [7, 11) is 1.52. The lowest BCUT2D eigenvalue weighted by Gasteiger charge is -2.10. The van der Waals surface area contributed by atoms with Gasteiger partial charge < -0.3 is 15.2 Å². The number of hydrogen-bond acceptors (Lipinski definition) is 4. The normalized spacial score (nSPS) is 9.80. The van der Waals surface area contributed by atoms with Crippen LogP contribution in [0.15, 0.2) is 16.6 Å². The van der Waals surface area contributed by atoms with Gasteiger partial charge in [0.2, 0.25) is 0 Å². The molecule has 0 heterocycles. The Morgan fingerprint density at radius 3 is 2.73 bits per heavy atom. The predicted octanol–water partition coefficient (Wildman–Crippen LogP) is 2.22. The van der Waals surface area contributed by atoms with E-state index in [1.165, 1.54) is 7.11 Å². The highest BCUT2D eigenvalue weighted by Crippen LogP contribution is 2.32. The van der Waals surface area contributed by atoms with Crippen LogP contribution in [-0.4, -0.2) is 19.7 Å². The molecule has 0 aliphatic heterocycles. The Balaban J connectivity index is 3.20. The van der Waals surface area contributed by atoms with E-state index in [9.17, 15) is 4.79 Å². The monoisotopic (exact) mass is 273 g/mol. The van der Waals surface area contributed by atoms with E-state index in [-0.39, 0.29) is 0 Å². The zero-order valence-electron chi connectivity index (χ0n) is 8.54. The molecular weight excluding hydrogens is 262 g/mol. The van der Waals surface area contributed by atoms with Crippen molar-refractivity contribution >= 4 is 27.6 Å². The van der Waals surface area contributed by atoms with Gasteiger partial charge in [0.15, 0.2) is 0 Å². The minimum absolute atomic E-state index is 0.302. The summed E-state index contributed by atoms with van der Waals surface area (Å²) in [5.74, 6) is 0.0908. The predicted molar refractivity (Wildman–Crippen MR) is 61.1 cm³/mol. The zero-order valence-corrected chi connectivity index (χ0v) is 10.1. The molecule has 0 aliphatic carbocycles. The van der Waals surface area contributed by atoms with E-state index in [4.69, 9.17) is 15.2 Å². The number of hydrogen-bond donors (Lipinski definition) is 1. The number of halogens is 1. The van der Waals surface area contributed by atoms with E-state index in [0.717, 1.165) is 0 Å². The van der Waals surface area contributed by atoms with Crippen LogP contribution in [0.25, 0.3) is 0 Å². The van der Waals surface area contributed by atoms with Gasteiger partial charge in [-0.3, -0.25) is 0 Å². The molecule has 0 radical (unpaired) electrons. The average Bonchev–Trinajstić information content (AvgIpc) is 2.18. The van der Waals surface area contributed by atoms with E-state index < -0.39 is 5.97 Å². The molecule has 1 aromatic carbocycles. The van der Waals surface area contributed by atoms with Crippen LogP contribution in [-0.2, 0) is 4.74 Å². The van der Waals surface area contributed by atoms with Crippen LogP contribution >= 0.6 is 15.9 Å². The topological polar surface area (TPSA) is 61.5 Å². The number of carbonyl (C=O) groups is 1. The number of methoxy groups -OCH3 is 1. The van der Waals surface area contributed by atoms with Crippen LogP contribution in [0.4, 0.5) is 5.69 Å². The second-order valence-corrected chi connectivity index (χ2v) is 3.56. The van der Waals surface area contributed by atoms with Gasteiger partial charge in [-0.25, -0.2) is 4.79 Å². The molecule has 0 aromatic heterocycles. The summed E-state index contributed by atoms with van der Waals surface area (Å²) in [6.45, 7) is 2.05. The Kier molecular flexibility index (Phi) is 3.96. The minimum Gasteiger partial charge on any atom is -0.496 e. The molecule has 0 aliphatic rings. The van der Waals surface area contributed by atoms with Gasteiger partial charge in [-0.1, -0.05) is 0 Å². The molecule has 5 heteroatoms. The Morgan fingerprint density at radius 1 is 1.53 bits per heavy atom. The number of anilines is 1. The Labute approximate surface area is 96.5 Å². The van der Waals surface area contributed by atoms with Crippen molar-refractivity contribution in [2.45, 2.75) is 6.92 Å².